The van der Waals surface area contributed by atoms with Crippen molar-refractivity contribution in [2.75, 3.05) is 4.72 Å². The van der Waals surface area contributed by atoms with Gasteiger partial charge in [0.05, 0.1) is 4.90 Å². The zero-order chi connectivity index (χ0) is 13.5. The van der Waals surface area contributed by atoms with Gasteiger partial charge < -0.3 is 9.84 Å². The first kappa shape index (κ1) is 12.2. The van der Waals surface area contributed by atoms with Crippen LogP contribution in [0, 0.1) is 6.92 Å². The highest BCUT2D eigenvalue weighted by atomic mass is 32.2. The molecule has 1 aliphatic heterocycles. The SMILES string of the molecule is Cc1cc(NS(=O)(=O)c2ccc3c(c2)CNC3)no1. The third kappa shape index (κ3) is 2.34. The summed E-state index contributed by atoms with van der Waals surface area (Å²) in [5.41, 5.74) is 2.15. The van der Waals surface area contributed by atoms with E-state index in [1.807, 2.05) is 6.07 Å². The molecule has 0 saturated heterocycles. The highest BCUT2D eigenvalue weighted by Crippen LogP contribution is 2.21. The molecule has 0 fully saturated rings. The molecule has 19 heavy (non-hydrogen) atoms. The molecule has 0 aliphatic carbocycles. The van der Waals surface area contributed by atoms with Crippen molar-refractivity contribution in [3.05, 3.63) is 41.2 Å². The number of hydrogen-bond donors (Lipinski definition) is 2. The largest absolute Gasteiger partial charge is 0.360 e. The number of benzene rings is 1. The van der Waals surface area contributed by atoms with E-state index in [1.165, 1.54) is 6.07 Å². The first-order valence-electron chi connectivity index (χ1n) is 5.83. The van der Waals surface area contributed by atoms with Crippen molar-refractivity contribution < 1.29 is 12.9 Å². The number of anilines is 1. The van der Waals surface area contributed by atoms with Crippen LogP contribution in [0.3, 0.4) is 0 Å². The predicted octanol–water partition coefficient (Wildman–Crippen LogP) is 1.39. The third-order valence-corrected chi connectivity index (χ3v) is 4.34. The monoisotopic (exact) mass is 279 g/mol. The van der Waals surface area contributed by atoms with Crippen LogP contribution in [0.2, 0.25) is 0 Å². The molecular weight excluding hydrogens is 266 g/mol. The van der Waals surface area contributed by atoms with Gasteiger partial charge in [-0.2, -0.15) is 0 Å². The van der Waals surface area contributed by atoms with E-state index in [-0.39, 0.29) is 10.7 Å². The standard InChI is InChI=1S/C12H13N3O3S/c1-8-4-12(14-18-8)15-19(16,17)11-3-2-9-6-13-7-10(9)5-11/h2-5,13H,6-7H2,1H3,(H,14,15). The fourth-order valence-corrected chi connectivity index (χ4v) is 3.08. The number of rotatable bonds is 3. The van der Waals surface area contributed by atoms with E-state index in [9.17, 15) is 8.42 Å². The quantitative estimate of drug-likeness (QED) is 0.887. The number of aryl methyl sites for hydroxylation is 1. The number of fused-ring (bicyclic) bond motifs is 1. The molecule has 0 unspecified atom stereocenters. The molecule has 0 spiro atoms. The van der Waals surface area contributed by atoms with Crippen LogP contribution in [0.5, 0.6) is 0 Å². The minimum absolute atomic E-state index is 0.191. The number of nitrogens with zero attached hydrogens (tertiary/aromatic N) is 1. The molecule has 3 rings (SSSR count). The van der Waals surface area contributed by atoms with Gasteiger partial charge in [0.1, 0.15) is 5.76 Å². The zero-order valence-electron chi connectivity index (χ0n) is 10.3. The minimum atomic E-state index is -3.62. The van der Waals surface area contributed by atoms with Crippen molar-refractivity contribution >= 4 is 15.8 Å². The third-order valence-electron chi connectivity index (χ3n) is 2.99. The summed E-state index contributed by atoms with van der Waals surface area (Å²) >= 11 is 0. The summed E-state index contributed by atoms with van der Waals surface area (Å²) in [4.78, 5) is 0.232. The average molecular weight is 279 g/mol. The van der Waals surface area contributed by atoms with E-state index in [1.54, 1.807) is 19.1 Å². The normalized spacial score (nSPS) is 14.4. The molecule has 2 aromatic rings. The Morgan fingerprint density at radius 3 is 2.79 bits per heavy atom. The topological polar surface area (TPSA) is 84.2 Å². The highest BCUT2D eigenvalue weighted by Gasteiger charge is 2.19. The molecular formula is C12H13N3O3S. The number of sulfonamides is 1. The molecule has 0 atom stereocenters. The zero-order valence-corrected chi connectivity index (χ0v) is 11.1. The van der Waals surface area contributed by atoms with E-state index < -0.39 is 10.0 Å². The smallest absolute Gasteiger partial charge is 0.263 e. The molecule has 0 radical (unpaired) electrons. The fourth-order valence-electron chi connectivity index (χ4n) is 2.05. The Morgan fingerprint density at radius 1 is 1.26 bits per heavy atom. The first-order chi connectivity index (χ1) is 9.04. The summed E-state index contributed by atoms with van der Waals surface area (Å²) in [7, 11) is -3.62. The fraction of sp³-hybridized carbons (Fsp3) is 0.250. The van der Waals surface area contributed by atoms with Crippen LogP contribution in [0.15, 0.2) is 33.7 Å². The van der Waals surface area contributed by atoms with Gasteiger partial charge in [-0.05, 0) is 30.2 Å². The molecule has 1 aromatic carbocycles. The molecule has 0 amide bonds. The maximum absolute atomic E-state index is 12.2. The maximum atomic E-state index is 12.2. The summed E-state index contributed by atoms with van der Waals surface area (Å²) < 4.78 is 31.6. The van der Waals surface area contributed by atoms with Crippen molar-refractivity contribution in [2.45, 2.75) is 24.9 Å². The molecule has 0 saturated carbocycles. The van der Waals surface area contributed by atoms with Gasteiger partial charge in [0.15, 0.2) is 5.82 Å². The molecule has 6 nitrogen and oxygen atoms in total. The minimum Gasteiger partial charge on any atom is -0.360 e. The van der Waals surface area contributed by atoms with Crippen LogP contribution in [0.1, 0.15) is 16.9 Å². The molecule has 2 heterocycles. The van der Waals surface area contributed by atoms with E-state index in [0.29, 0.717) is 12.3 Å². The summed E-state index contributed by atoms with van der Waals surface area (Å²) in [6, 6.07) is 6.65. The molecule has 100 valence electrons. The second-order valence-electron chi connectivity index (χ2n) is 4.46. The average Bonchev–Trinajstić information content (AvgIpc) is 2.96. The summed E-state index contributed by atoms with van der Waals surface area (Å²) in [5.74, 6) is 0.743. The molecule has 2 N–H and O–H groups in total. The van der Waals surface area contributed by atoms with Crippen LogP contribution < -0.4 is 10.0 Å². The molecule has 1 aromatic heterocycles. The van der Waals surface area contributed by atoms with Crippen molar-refractivity contribution in [1.82, 2.24) is 10.5 Å². The van der Waals surface area contributed by atoms with Crippen LogP contribution in [0.25, 0.3) is 0 Å². The number of hydrogen-bond acceptors (Lipinski definition) is 5. The maximum Gasteiger partial charge on any atom is 0.263 e. The molecule has 7 heteroatoms. The van der Waals surface area contributed by atoms with Crippen LogP contribution in [-0.4, -0.2) is 13.6 Å². The van der Waals surface area contributed by atoms with Crippen LogP contribution in [0.4, 0.5) is 5.82 Å². The van der Waals surface area contributed by atoms with Gasteiger partial charge >= 0.3 is 0 Å². The van der Waals surface area contributed by atoms with Gasteiger partial charge in [0, 0.05) is 19.2 Å². The Balaban J connectivity index is 1.92. The lowest BCUT2D eigenvalue weighted by Gasteiger charge is -2.06. The second-order valence-corrected chi connectivity index (χ2v) is 6.14. The second kappa shape index (κ2) is 4.36. The summed E-state index contributed by atoms with van der Waals surface area (Å²) in [6.07, 6.45) is 0. The Kier molecular flexibility index (Phi) is 2.79. The lowest BCUT2D eigenvalue weighted by Crippen LogP contribution is -2.13. The molecule has 0 bridgehead atoms. The van der Waals surface area contributed by atoms with Gasteiger partial charge in [-0.1, -0.05) is 11.2 Å². The predicted molar refractivity (Wildman–Crippen MR) is 69.0 cm³/mol. The van der Waals surface area contributed by atoms with E-state index in [4.69, 9.17) is 4.52 Å². The lowest BCUT2D eigenvalue weighted by molar-refractivity contribution is 0.400. The van der Waals surface area contributed by atoms with Crippen molar-refractivity contribution in [1.29, 1.82) is 0 Å². The Bertz CT molecular complexity index is 722. The first-order valence-corrected chi connectivity index (χ1v) is 7.31. The Morgan fingerprint density at radius 2 is 2.05 bits per heavy atom. The summed E-state index contributed by atoms with van der Waals surface area (Å²) in [6.45, 7) is 3.18. The van der Waals surface area contributed by atoms with Gasteiger partial charge in [0.25, 0.3) is 10.0 Å². The van der Waals surface area contributed by atoms with Crippen molar-refractivity contribution in [3.8, 4) is 0 Å². The van der Waals surface area contributed by atoms with Gasteiger partial charge in [-0.25, -0.2) is 8.42 Å². The van der Waals surface area contributed by atoms with E-state index >= 15 is 0 Å². The van der Waals surface area contributed by atoms with Gasteiger partial charge in [0.2, 0.25) is 0 Å². The van der Waals surface area contributed by atoms with Gasteiger partial charge in [-0.15, -0.1) is 0 Å². The van der Waals surface area contributed by atoms with E-state index in [0.717, 1.165) is 17.7 Å². The molecule has 1 aliphatic rings. The number of aromatic nitrogens is 1. The summed E-state index contributed by atoms with van der Waals surface area (Å²) in [5, 5.41) is 6.80. The van der Waals surface area contributed by atoms with Gasteiger partial charge in [-0.3, -0.25) is 4.72 Å². The van der Waals surface area contributed by atoms with E-state index in [2.05, 4.69) is 15.2 Å². The van der Waals surface area contributed by atoms with Crippen molar-refractivity contribution in [2.24, 2.45) is 0 Å². The Hall–Kier alpha value is -1.86. The lowest BCUT2D eigenvalue weighted by atomic mass is 10.1. The number of nitrogens with one attached hydrogen (secondary N) is 2. The van der Waals surface area contributed by atoms with Crippen LogP contribution in [-0.2, 0) is 23.1 Å². The van der Waals surface area contributed by atoms with Crippen molar-refractivity contribution in [3.63, 3.8) is 0 Å². The highest BCUT2D eigenvalue weighted by molar-refractivity contribution is 7.92. The Labute approximate surface area is 110 Å². The van der Waals surface area contributed by atoms with Crippen LogP contribution >= 0.6 is 0 Å².